The Morgan fingerprint density at radius 2 is 1.80 bits per heavy atom. The van der Waals surface area contributed by atoms with Gasteiger partial charge in [0.15, 0.2) is 6.10 Å². The smallest absolute Gasteiger partial charge is 0.337 e. The van der Waals surface area contributed by atoms with E-state index < -0.39 is 17.7 Å². The molecule has 0 aliphatic heterocycles. The maximum Gasteiger partial charge on any atom is 0.337 e. The van der Waals surface area contributed by atoms with Crippen LogP contribution < -0.4 is 0 Å². The fourth-order valence-electron chi connectivity index (χ4n) is 1.24. The van der Waals surface area contributed by atoms with Crippen molar-refractivity contribution < 1.29 is 14.6 Å². The van der Waals surface area contributed by atoms with Crippen LogP contribution in [0.2, 0.25) is 0 Å². The summed E-state index contributed by atoms with van der Waals surface area (Å²) in [5.41, 5.74) is 0.193. The van der Waals surface area contributed by atoms with Crippen LogP contribution in [-0.2, 0) is 9.53 Å². The van der Waals surface area contributed by atoms with Crippen LogP contribution >= 0.6 is 0 Å². The molecule has 0 aliphatic carbocycles. The third-order valence-electron chi connectivity index (χ3n) is 1.80. The molecule has 0 heterocycles. The lowest BCUT2D eigenvalue weighted by Gasteiger charge is -2.25. The number of rotatable bonds is 3. The predicted octanol–water partition coefficient (Wildman–Crippen LogP) is 2.63. The van der Waals surface area contributed by atoms with Crippen molar-refractivity contribution in [1.82, 2.24) is 0 Å². The first kappa shape index (κ1) is 11.7. The maximum atomic E-state index is 11.1. The Balaban J connectivity index is 2.90. The van der Waals surface area contributed by atoms with Gasteiger partial charge in [-0.1, -0.05) is 30.3 Å². The van der Waals surface area contributed by atoms with Crippen LogP contribution in [0.3, 0.4) is 0 Å². The van der Waals surface area contributed by atoms with Crippen molar-refractivity contribution in [3.8, 4) is 0 Å². The summed E-state index contributed by atoms with van der Waals surface area (Å²) in [5, 5.41) is 9.07. The molecule has 0 aromatic heterocycles. The molecule has 1 aromatic carbocycles. The van der Waals surface area contributed by atoms with Crippen LogP contribution in [0.5, 0.6) is 0 Å². The second kappa shape index (κ2) is 4.45. The summed E-state index contributed by atoms with van der Waals surface area (Å²) >= 11 is 0. The minimum absolute atomic E-state index is 0.473. The van der Waals surface area contributed by atoms with Gasteiger partial charge in [-0.2, -0.15) is 0 Å². The largest absolute Gasteiger partial charge is 0.479 e. The first-order valence-electron chi connectivity index (χ1n) is 4.86. The van der Waals surface area contributed by atoms with Crippen molar-refractivity contribution in [2.45, 2.75) is 32.5 Å². The highest BCUT2D eigenvalue weighted by Crippen LogP contribution is 2.23. The van der Waals surface area contributed by atoms with Crippen molar-refractivity contribution in [1.29, 1.82) is 0 Å². The summed E-state index contributed by atoms with van der Waals surface area (Å²) in [6, 6.07) is 8.96. The summed E-state index contributed by atoms with van der Waals surface area (Å²) in [6.45, 7) is 5.52. The van der Waals surface area contributed by atoms with E-state index in [9.17, 15) is 4.79 Å². The van der Waals surface area contributed by atoms with E-state index in [4.69, 9.17) is 9.84 Å². The number of benzene rings is 1. The summed E-state index contributed by atoms with van der Waals surface area (Å²) in [5.74, 6) is -0.962. The Morgan fingerprint density at radius 1 is 1.27 bits per heavy atom. The standard InChI is InChI=1S/C12H16O3/c1-12(2,3)15-10(11(13)14)9-7-5-4-6-8-9/h4-8,10H,1-3H3,(H,13,14)/t10-/m1/s1. The van der Waals surface area contributed by atoms with Gasteiger partial charge in [-0.15, -0.1) is 0 Å². The SMILES string of the molecule is CC(C)(C)O[C@@H](C(=O)O)c1ccccc1. The minimum Gasteiger partial charge on any atom is -0.479 e. The van der Waals surface area contributed by atoms with Crippen molar-refractivity contribution in [2.75, 3.05) is 0 Å². The van der Waals surface area contributed by atoms with Gasteiger partial charge < -0.3 is 9.84 Å². The fourth-order valence-corrected chi connectivity index (χ4v) is 1.24. The normalized spacial score (nSPS) is 13.5. The highest BCUT2D eigenvalue weighted by molar-refractivity contribution is 5.74. The van der Waals surface area contributed by atoms with E-state index in [1.807, 2.05) is 26.8 Å². The van der Waals surface area contributed by atoms with Crippen LogP contribution in [0, 0.1) is 0 Å². The molecular formula is C12H16O3. The zero-order chi connectivity index (χ0) is 11.5. The molecule has 0 fully saturated rings. The fraction of sp³-hybridized carbons (Fsp3) is 0.417. The molecule has 0 saturated carbocycles. The maximum absolute atomic E-state index is 11.1. The Morgan fingerprint density at radius 3 is 2.20 bits per heavy atom. The molecule has 0 spiro atoms. The lowest BCUT2D eigenvalue weighted by molar-refractivity contribution is -0.160. The van der Waals surface area contributed by atoms with E-state index in [0.717, 1.165) is 0 Å². The second-order valence-electron chi connectivity index (χ2n) is 4.36. The molecule has 0 unspecified atom stereocenters. The average Bonchev–Trinajstić information content (AvgIpc) is 2.14. The van der Waals surface area contributed by atoms with Gasteiger partial charge in [0, 0.05) is 0 Å². The number of carbonyl (C=O) groups is 1. The van der Waals surface area contributed by atoms with Crippen LogP contribution in [0.15, 0.2) is 30.3 Å². The summed E-state index contributed by atoms with van der Waals surface area (Å²) < 4.78 is 5.49. The van der Waals surface area contributed by atoms with E-state index in [1.165, 1.54) is 0 Å². The zero-order valence-electron chi connectivity index (χ0n) is 9.23. The van der Waals surface area contributed by atoms with Gasteiger partial charge in [0.25, 0.3) is 0 Å². The summed E-state index contributed by atoms with van der Waals surface area (Å²) in [7, 11) is 0. The van der Waals surface area contributed by atoms with Crippen molar-refractivity contribution in [3.05, 3.63) is 35.9 Å². The number of hydrogen-bond acceptors (Lipinski definition) is 2. The monoisotopic (exact) mass is 208 g/mol. The third-order valence-corrected chi connectivity index (χ3v) is 1.80. The van der Waals surface area contributed by atoms with Crippen LogP contribution in [0.25, 0.3) is 0 Å². The molecule has 0 saturated heterocycles. The molecule has 82 valence electrons. The van der Waals surface area contributed by atoms with Gasteiger partial charge in [0.2, 0.25) is 0 Å². The van der Waals surface area contributed by atoms with Gasteiger partial charge in [-0.25, -0.2) is 4.79 Å². The van der Waals surface area contributed by atoms with Gasteiger partial charge in [0.1, 0.15) is 0 Å². The Labute approximate surface area is 89.7 Å². The Hall–Kier alpha value is -1.35. The predicted molar refractivity (Wildman–Crippen MR) is 57.7 cm³/mol. The van der Waals surface area contributed by atoms with Gasteiger partial charge in [-0.3, -0.25) is 0 Å². The van der Waals surface area contributed by atoms with Crippen LogP contribution in [0.4, 0.5) is 0 Å². The molecule has 1 aromatic rings. The van der Waals surface area contributed by atoms with E-state index in [-0.39, 0.29) is 0 Å². The molecule has 3 nitrogen and oxygen atoms in total. The summed E-state index contributed by atoms with van der Waals surface area (Å²) in [6.07, 6.45) is -0.897. The highest BCUT2D eigenvalue weighted by Gasteiger charge is 2.26. The molecule has 0 aliphatic rings. The van der Waals surface area contributed by atoms with Gasteiger partial charge in [-0.05, 0) is 26.3 Å². The molecule has 1 N–H and O–H groups in total. The molecule has 0 radical (unpaired) electrons. The van der Waals surface area contributed by atoms with Gasteiger partial charge >= 0.3 is 5.97 Å². The average molecular weight is 208 g/mol. The molecule has 1 atom stereocenters. The molecule has 3 heteroatoms. The van der Waals surface area contributed by atoms with Crippen molar-refractivity contribution >= 4 is 5.97 Å². The van der Waals surface area contributed by atoms with Crippen LogP contribution in [0.1, 0.15) is 32.4 Å². The first-order valence-corrected chi connectivity index (χ1v) is 4.86. The number of carboxylic acids is 1. The number of carboxylic acid groups (broad SMARTS) is 1. The zero-order valence-corrected chi connectivity index (χ0v) is 9.23. The topological polar surface area (TPSA) is 46.5 Å². The first-order chi connectivity index (χ1) is 6.90. The highest BCUT2D eigenvalue weighted by atomic mass is 16.5. The molecule has 0 bridgehead atoms. The summed E-state index contributed by atoms with van der Waals surface area (Å²) in [4.78, 5) is 11.1. The molecule has 15 heavy (non-hydrogen) atoms. The number of aliphatic carboxylic acids is 1. The third kappa shape index (κ3) is 3.72. The second-order valence-corrected chi connectivity index (χ2v) is 4.36. The van der Waals surface area contributed by atoms with Gasteiger partial charge in [0.05, 0.1) is 5.60 Å². The molecule has 0 amide bonds. The van der Waals surface area contributed by atoms with Crippen molar-refractivity contribution in [3.63, 3.8) is 0 Å². The Bertz CT molecular complexity index is 324. The molecular weight excluding hydrogens is 192 g/mol. The lowest BCUT2D eigenvalue weighted by atomic mass is 10.1. The van der Waals surface area contributed by atoms with E-state index in [2.05, 4.69) is 0 Å². The lowest BCUT2D eigenvalue weighted by Crippen LogP contribution is -2.27. The Kier molecular flexibility index (Phi) is 3.48. The van der Waals surface area contributed by atoms with E-state index in [1.54, 1.807) is 24.3 Å². The minimum atomic E-state index is -0.962. The van der Waals surface area contributed by atoms with E-state index >= 15 is 0 Å². The number of ether oxygens (including phenoxy) is 1. The van der Waals surface area contributed by atoms with E-state index in [0.29, 0.717) is 5.56 Å². The van der Waals surface area contributed by atoms with Crippen molar-refractivity contribution in [2.24, 2.45) is 0 Å². The van der Waals surface area contributed by atoms with Crippen LogP contribution in [-0.4, -0.2) is 16.7 Å². The number of hydrogen-bond donors (Lipinski definition) is 1. The molecule has 1 rings (SSSR count). The quantitative estimate of drug-likeness (QED) is 0.830.